The molecule has 3 N–H and O–H groups in total. The number of quaternary nitrogens is 1. The quantitative estimate of drug-likeness (QED) is 0.162. The number of nitrogens with two attached hydrogens (primary N) is 1. The van der Waals surface area contributed by atoms with Gasteiger partial charge in [-0.15, -0.1) is 0 Å². The van der Waals surface area contributed by atoms with Gasteiger partial charge in [0.1, 0.15) is 6.21 Å². The third kappa shape index (κ3) is 8.23. The molecule has 0 bridgehead atoms. The van der Waals surface area contributed by atoms with Gasteiger partial charge >= 0.3 is 5.95 Å². The number of pyridine rings is 1. The Morgan fingerprint density at radius 1 is 0.976 bits per heavy atom. The summed E-state index contributed by atoms with van der Waals surface area (Å²) < 4.78 is 19.6. The van der Waals surface area contributed by atoms with Crippen LogP contribution in [-0.2, 0) is 17.7 Å². The summed E-state index contributed by atoms with van der Waals surface area (Å²) in [6.45, 7) is 5.07. The van der Waals surface area contributed by atoms with Gasteiger partial charge in [0.05, 0.1) is 43.5 Å². The lowest BCUT2D eigenvalue weighted by Gasteiger charge is -2.27. The number of aliphatic imine (C=N–C) groups is 1. The number of benzene rings is 2. The van der Waals surface area contributed by atoms with E-state index in [4.69, 9.17) is 4.74 Å². The topological polar surface area (TPSA) is 104 Å². The summed E-state index contributed by atoms with van der Waals surface area (Å²) in [6.07, 6.45) is 8.69. The van der Waals surface area contributed by atoms with Crippen LogP contribution in [0.3, 0.4) is 0 Å². The summed E-state index contributed by atoms with van der Waals surface area (Å²) in [5.74, 6) is 0.146. The molecule has 9 nitrogen and oxygen atoms in total. The second-order valence-electron chi connectivity index (χ2n) is 9.67. The molecule has 0 aliphatic carbocycles. The number of ether oxygens (including phenoxy) is 1. The predicted molar refractivity (Wildman–Crippen MR) is 160 cm³/mol. The first kappa shape index (κ1) is 28.0. The Kier molecular flexibility index (Phi) is 9.70. The lowest BCUT2D eigenvalue weighted by molar-refractivity contribution is -0.584. The van der Waals surface area contributed by atoms with Crippen molar-refractivity contribution in [2.24, 2.45) is 10.1 Å². The minimum Gasteiger partial charge on any atom is -0.378 e. The molecule has 3 heterocycles. The maximum absolute atomic E-state index is 14.2. The molecular formula is C31H34FN8O+. The van der Waals surface area contributed by atoms with E-state index in [1.807, 2.05) is 35.4 Å². The number of aromatic nitrogens is 3. The average molecular weight is 554 g/mol. The van der Waals surface area contributed by atoms with Crippen molar-refractivity contribution >= 4 is 35.6 Å². The van der Waals surface area contributed by atoms with Crippen molar-refractivity contribution in [3.8, 4) is 0 Å². The molecule has 1 aliphatic rings. The van der Waals surface area contributed by atoms with Crippen LogP contribution in [0.5, 0.6) is 0 Å². The van der Waals surface area contributed by atoms with Gasteiger partial charge in [0.2, 0.25) is 0 Å². The molecule has 210 valence electrons. The lowest BCUT2D eigenvalue weighted by Crippen LogP contribution is -2.72. The summed E-state index contributed by atoms with van der Waals surface area (Å²) in [5.41, 5.74) is 7.57. The highest BCUT2D eigenvalue weighted by molar-refractivity contribution is 5.80. The van der Waals surface area contributed by atoms with E-state index in [9.17, 15) is 4.39 Å². The van der Waals surface area contributed by atoms with Gasteiger partial charge in [-0.2, -0.15) is 15.4 Å². The van der Waals surface area contributed by atoms with Gasteiger partial charge in [-0.25, -0.2) is 4.39 Å². The number of aryl methyl sites for hydroxylation is 1. The summed E-state index contributed by atoms with van der Waals surface area (Å²) >= 11 is 0. The fourth-order valence-electron chi connectivity index (χ4n) is 4.45. The van der Waals surface area contributed by atoms with Crippen LogP contribution in [-0.4, -0.2) is 53.7 Å². The van der Waals surface area contributed by atoms with E-state index in [0.717, 1.165) is 35.3 Å². The molecule has 0 spiro atoms. The Morgan fingerprint density at radius 2 is 1.83 bits per heavy atom. The molecular weight excluding hydrogens is 519 g/mol. The molecule has 0 saturated carbocycles. The second-order valence-corrected chi connectivity index (χ2v) is 9.67. The van der Waals surface area contributed by atoms with E-state index >= 15 is 0 Å². The number of hydrogen-bond acceptors (Lipinski definition) is 8. The Hall–Kier alpha value is -4.54. The molecule has 0 radical (unpaired) electrons. The van der Waals surface area contributed by atoms with Gasteiger partial charge in [0.25, 0.3) is 0 Å². The van der Waals surface area contributed by atoms with Crippen molar-refractivity contribution in [1.82, 2.24) is 15.0 Å². The highest BCUT2D eigenvalue weighted by Crippen LogP contribution is 2.19. The van der Waals surface area contributed by atoms with E-state index in [-0.39, 0.29) is 5.82 Å². The molecule has 10 heteroatoms. The van der Waals surface area contributed by atoms with Gasteiger partial charge in [-0.05, 0) is 47.4 Å². The van der Waals surface area contributed by atoms with Gasteiger partial charge in [0, 0.05) is 25.0 Å². The molecule has 1 saturated heterocycles. The molecule has 0 unspecified atom stereocenters. The van der Waals surface area contributed by atoms with Crippen LogP contribution in [0.15, 0.2) is 83.2 Å². The van der Waals surface area contributed by atoms with Crippen molar-refractivity contribution in [3.63, 3.8) is 0 Å². The summed E-state index contributed by atoms with van der Waals surface area (Å²) in [6, 6.07) is 20.5. The molecule has 4 aromatic rings. The number of rotatable bonds is 11. The molecule has 0 amide bonds. The fourth-order valence-corrected chi connectivity index (χ4v) is 4.45. The van der Waals surface area contributed by atoms with Gasteiger partial charge in [0.15, 0.2) is 11.6 Å². The van der Waals surface area contributed by atoms with Crippen LogP contribution in [0.1, 0.15) is 35.7 Å². The fraction of sp³-hybridized carbons (Fsp3) is 0.258. The first-order valence-electron chi connectivity index (χ1n) is 13.8. The number of hydrogen-bond donors (Lipinski definition) is 2. The number of morpholine rings is 1. The third-order valence-electron chi connectivity index (χ3n) is 6.46. The van der Waals surface area contributed by atoms with Crippen molar-refractivity contribution < 1.29 is 14.6 Å². The van der Waals surface area contributed by atoms with E-state index in [1.165, 1.54) is 17.2 Å². The minimum absolute atomic E-state index is 0.270. The Balaban J connectivity index is 1.14. The molecule has 0 atom stereocenters. The smallest absolute Gasteiger partial charge is 0.354 e. The standard InChI is InChI=1S/C31H33FN8O/c1-2-5-23-6-3-7-24(16-23)18-33-19-25-8-4-9-26(17-25)37-28-11-10-27(34-20-28)21-36-39-31-35-22-29(32)30(38-31)40-12-14-41-15-13-40/h3-4,6-11,16-18,20-22,37H,2,5,12-15,19H2,1H3,(H,35,38,39)/p+1. The second kappa shape index (κ2) is 14.2. The maximum Gasteiger partial charge on any atom is 0.354 e. The first-order chi connectivity index (χ1) is 20.2. The molecule has 5 rings (SSSR count). The van der Waals surface area contributed by atoms with Crippen molar-refractivity contribution in [2.75, 3.05) is 36.5 Å². The summed E-state index contributed by atoms with van der Waals surface area (Å²) in [5, 5.41) is 7.67. The SMILES string of the molecule is CCCc1cccc(C=NCc2cccc(Nc3ccc(C=N[NH2+]c4ncc(F)c(N5CCOCC5)n4)nc3)c2)c1. The Bertz CT molecular complexity index is 1490. The normalized spacial score (nSPS) is 13.8. The van der Waals surface area contributed by atoms with Crippen molar-refractivity contribution in [3.05, 3.63) is 101 Å². The highest BCUT2D eigenvalue weighted by atomic mass is 19.1. The van der Waals surface area contributed by atoms with Gasteiger partial charge < -0.3 is 15.0 Å². The largest absolute Gasteiger partial charge is 0.378 e. The minimum atomic E-state index is -0.455. The van der Waals surface area contributed by atoms with Crippen LogP contribution in [0.4, 0.5) is 27.5 Å². The Morgan fingerprint density at radius 3 is 2.66 bits per heavy atom. The molecule has 1 fully saturated rings. The summed E-state index contributed by atoms with van der Waals surface area (Å²) in [7, 11) is 0. The van der Waals surface area contributed by atoms with E-state index in [0.29, 0.717) is 44.5 Å². The number of halogens is 1. The number of anilines is 3. The molecule has 1 aliphatic heterocycles. The monoisotopic (exact) mass is 553 g/mol. The van der Waals surface area contributed by atoms with Gasteiger partial charge in [-0.1, -0.05) is 54.8 Å². The zero-order chi connectivity index (χ0) is 28.3. The third-order valence-corrected chi connectivity index (χ3v) is 6.46. The number of nitrogens with one attached hydrogen (secondary N) is 1. The van der Waals surface area contributed by atoms with E-state index in [2.05, 4.69) is 73.7 Å². The summed E-state index contributed by atoms with van der Waals surface area (Å²) in [4.78, 5) is 19.3. The molecule has 2 aromatic carbocycles. The van der Waals surface area contributed by atoms with Crippen LogP contribution >= 0.6 is 0 Å². The van der Waals surface area contributed by atoms with E-state index in [1.54, 1.807) is 12.4 Å². The van der Waals surface area contributed by atoms with Crippen LogP contribution in [0.25, 0.3) is 0 Å². The number of nitrogens with zero attached hydrogens (tertiary/aromatic N) is 6. The van der Waals surface area contributed by atoms with Crippen LogP contribution < -0.4 is 15.6 Å². The zero-order valence-electron chi connectivity index (χ0n) is 23.1. The predicted octanol–water partition coefficient (Wildman–Crippen LogP) is 4.39. The van der Waals surface area contributed by atoms with Crippen molar-refractivity contribution in [2.45, 2.75) is 26.3 Å². The van der Waals surface area contributed by atoms with E-state index < -0.39 is 5.82 Å². The Labute approximate surface area is 239 Å². The molecule has 41 heavy (non-hydrogen) atoms. The van der Waals surface area contributed by atoms with Gasteiger partial charge in [-0.3, -0.25) is 9.98 Å². The molecule has 2 aromatic heterocycles. The van der Waals surface area contributed by atoms with Crippen LogP contribution in [0.2, 0.25) is 0 Å². The lowest BCUT2D eigenvalue weighted by atomic mass is 10.1. The van der Waals surface area contributed by atoms with Crippen LogP contribution in [0, 0.1) is 5.82 Å². The van der Waals surface area contributed by atoms with Crippen molar-refractivity contribution in [1.29, 1.82) is 0 Å². The first-order valence-corrected chi connectivity index (χ1v) is 13.8. The highest BCUT2D eigenvalue weighted by Gasteiger charge is 2.18. The average Bonchev–Trinajstić information content (AvgIpc) is 3.00. The maximum atomic E-state index is 14.2. The zero-order valence-corrected chi connectivity index (χ0v) is 23.1.